The summed E-state index contributed by atoms with van der Waals surface area (Å²) >= 11 is 1.36. The van der Waals surface area contributed by atoms with Gasteiger partial charge in [-0.2, -0.15) is 0 Å². The first-order valence-electron chi connectivity index (χ1n) is 10.0. The smallest absolute Gasteiger partial charge is 0.281 e. The highest BCUT2D eigenvalue weighted by atomic mass is 32.1. The molecule has 1 aromatic rings. The Morgan fingerprint density at radius 3 is 2.67 bits per heavy atom. The number of amides is 2. The van der Waals surface area contributed by atoms with E-state index >= 15 is 0 Å². The molecule has 0 spiro atoms. The quantitative estimate of drug-likeness (QED) is 0.725. The van der Waals surface area contributed by atoms with Gasteiger partial charge in [-0.3, -0.25) is 20.4 Å². The van der Waals surface area contributed by atoms with Crippen LogP contribution in [0.5, 0.6) is 0 Å². The average molecular weight is 395 g/mol. The van der Waals surface area contributed by atoms with Gasteiger partial charge in [0.15, 0.2) is 5.13 Å². The summed E-state index contributed by atoms with van der Waals surface area (Å²) in [5, 5.41) is 0.833. The van der Waals surface area contributed by atoms with Gasteiger partial charge in [-0.1, -0.05) is 43.4 Å². The number of aromatic nitrogens is 1. The van der Waals surface area contributed by atoms with Crippen molar-refractivity contribution in [2.24, 2.45) is 5.92 Å². The van der Waals surface area contributed by atoms with Crippen molar-refractivity contribution in [3.63, 3.8) is 0 Å². The lowest BCUT2D eigenvalue weighted by Crippen LogP contribution is -2.41. The average Bonchev–Trinajstić information content (AvgIpc) is 3.09. The Bertz CT molecular complexity index is 637. The number of nitrogens with zero attached hydrogens (tertiary/aromatic N) is 2. The van der Waals surface area contributed by atoms with Crippen molar-refractivity contribution in [3.8, 4) is 0 Å². The van der Waals surface area contributed by atoms with Gasteiger partial charge in [0.1, 0.15) is 4.88 Å². The van der Waals surface area contributed by atoms with E-state index in [-0.39, 0.29) is 11.8 Å². The van der Waals surface area contributed by atoms with Crippen LogP contribution in [0.25, 0.3) is 0 Å². The summed E-state index contributed by atoms with van der Waals surface area (Å²) in [5.41, 5.74) is 5.76. The molecule has 0 radical (unpaired) electrons. The zero-order valence-corrected chi connectivity index (χ0v) is 16.9. The second kappa shape index (κ2) is 10.0. The van der Waals surface area contributed by atoms with Gasteiger partial charge in [-0.25, -0.2) is 4.98 Å². The predicted octanol–water partition coefficient (Wildman–Crippen LogP) is 2.80. The molecule has 2 heterocycles. The van der Waals surface area contributed by atoms with Crippen molar-refractivity contribution >= 4 is 28.3 Å². The summed E-state index contributed by atoms with van der Waals surface area (Å²) < 4.78 is 5.35. The first-order valence-corrected chi connectivity index (χ1v) is 10.8. The molecule has 1 aliphatic heterocycles. The molecule has 2 aliphatic rings. The number of carbonyl (C=O) groups is 2. The van der Waals surface area contributed by atoms with Crippen LogP contribution in [0.2, 0.25) is 0 Å². The fourth-order valence-corrected chi connectivity index (χ4v) is 4.77. The number of rotatable bonds is 6. The van der Waals surface area contributed by atoms with Crippen molar-refractivity contribution in [2.75, 3.05) is 31.2 Å². The molecule has 7 nitrogen and oxygen atoms in total. The maximum absolute atomic E-state index is 12.4. The second-order valence-corrected chi connectivity index (χ2v) is 8.39. The van der Waals surface area contributed by atoms with Gasteiger partial charge in [-0.05, 0) is 25.7 Å². The molecule has 8 heteroatoms. The zero-order chi connectivity index (χ0) is 19.1. The molecule has 3 rings (SSSR count). The van der Waals surface area contributed by atoms with Gasteiger partial charge in [0.25, 0.3) is 5.91 Å². The highest BCUT2D eigenvalue weighted by molar-refractivity contribution is 7.17. The number of anilines is 1. The predicted molar refractivity (Wildman–Crippen MR) is 106 cm³/mol. The van der Waals surface area contributed by atoms with E-state index in [4.69, 9.17) is 4.74 Å². The molecule has 1 saturated carbocycles. The number of thiazole rings is 1. The van der Waals surface area contributed by atoms with Gasteiger partial charge in [0.05, 0.1) is 18.9 Å². The number of carbonyl (C=O) groups excluding carboxylic acids is 2. The third-order valence-electron chi connectivity index (χ3n) is 5.33. The minimum Gasteiger partial charge on any atom is -0.378 e. The van der Waals surface area contributed by atoms with Crippen LogP contribution in [0, 0.1) is 12.8 Å². The third-order valence-corrected chi connectivity index (χ3v) is 6.55. The first-order chi connectivity index (χ1) is 13.1. The van der Waals surface area contributed by atoms with E-state index in [9.17, 15) is 9.59 Å². The number of hydrogen-bond donors (Lipinski definition) is 2. The highest BCUT2D eigenvalue weighted by Gasteiger charge is 2.21. The normalized spacial score (nSPS) is 18.3. The van der Waals surface area contributed by atoms with Crippen molar-refractivity contribution in [1.82, 2.24) is 15.8 Å². The largest absolute Gasteiger partial charge is 0.378 e. The molecule has 0 aromatic carbocycles. The van der Waals surface area contributed by atoms with Gasteiger partial charge in [0, 0.05) is 19.5 Å². The lowest BCUT2D eigenvalue weighted by atomic mass is 9.86. The van der Waals surface area contributed by atoms with E-state index in [1.807, 2.05) is 6.92 Å². The minimum atomic E-state index is -0.301. The number of hydrazine groups is 1. The molecule has 2 amide bonds. The Kier molecular flexibility index (Phi) is 7.46. The molecule has 1 aliphatic carbocycles. The summed E-state index contributed by atoms with van der Waals surface area (Å²) in [7, 11) is 0. The minimum absolute atomic E-state index is 0.130. The molecule has 0 unspecified atom stereocenters. The lowest BCUT2D eigenvalue weighted by Gasteiger charge is -2.25. The number of nitrogens with one attached hydrogen (secondary N) is 2. The molecule has 1 saturated heterocycles. The molecule has 2 N–H and O–H groups in total. The number of morpholine rings is 1. The lowest BCUT2D eigenvalue weighted by molar-refractivity contribution is -0.122. The third kappa shape index (κ3) is 5.90. The van der Waals surface area contributed by atoms with Crippen LogP contribution >= 0.6 is 11.3 Å². The summed E-state index contributed by atoms with van der Waals surface area (Å²) in [6.07, 6.45) is 9.06. The molecule has 0 bridgehead atoms. The Morgan fingerprint density at radius 2 is 1.93 bits per heavy atom. The van der Waals surface area contributed by atoms with Crippen molar-refractivity contribution < 1.29 is 14.3 Å². The molecular formula is C19H30N4O3S. The van der Waals surface area contributed by atoms with E-state index < -0.39 is 0 Å². The van der Waals surface area contributed by atoms with E-state index in [1.54, 1.807) is 0 Å². The van der Waals surface area contributed by atoms with Crippen molar-refractivity contribution in [3.05, 3.63) is 10.6 Å². The zero-order valence-electron chi connectivity index (χ0n) is 16.1. The Hall–Kier alpha value is -1.67. The van der Waals surface area contributed by atoms with Crippen LogP contribution in [-0.2, 0) is 9.53 Å². The number of hydrogen-bond acceptors (Lipinski definition) is 6. The Morgan fingerprint density at radius 1 is 1.19 bits per heavy atom. The summed E-state index contributed by atoms with van der Waals surface area (Å²) in [4.78, 5) is 31.6. The molecule has 1 aromatic heterocycles. The first kappa shape index (κ1) is 20.1. The molecule has 0 atom stereocenters. The van der Waals surface area contributed by atoms with Crippen LogP contribution < -0.4 is 15.8 Å². The SMILES string of the molecule is Cc1nc(N2CCOCC2)sc1C(=O)NNC(=O)CCCC1CCCCC1. The molecular weight excluding hydrogens is 364 g/mol. The van der Waals surface area contributed by atoms with Crippen molar-refractivity contribution in [2.45, 2.75) is 58.3 Å². The van der Waals surface area contributed by atoms with Crippen LogP contribution in [0.1, 0.15) is 66.7 Å². The maximum atomic E-state index is 12.4. The molecule has 27 heavy (non-hydrogen) atoms. The van der Waals surface area contributed by atoms with Crippen LogP contribution in [0.4, 0.5) is 5.13 Å². The standard InChI is InChI=1S/C19H30N4O3S/c1-14-17(27-19(20-14)23-10-12-26-13-11-23)18(25)22-21-16(24)9-5-8-15-6-3-2-4-7-15/h15H,2-13H2,1H3,(H,21,24)(H,22,25). The van der Waals surface area contributed by atoms with E-state index in [1.165, 1.54) is 43.4 Å². The van der Waals surface area contributed by atoms with Gasteiger partial charge < -0.3 is 9.64 Å². The van der Waals surface area contributed by atoms with Crippen LogP contribution in [0.3, 0.4) is 0 Å². The fourth-order valence-electron chi connectivity index (χ4n) is 3.76. The van der Waals surface area contributed by atoms with Gasteiger partial charge >= 0.3 is 0 Å². The topological polar surface area (TPSA) is 83.6 Å². The van der Waals surface area contributed by atoms with E-state index in [2.05, 4.69) is 20.7 Å². The monoisotopic (exact) mass is 394 g/mol. The summed E-state index contributed by atoms with van der Waals surface area (Å²) in [6, 6.07) is 0. The molecule has 150 valence electrons. The summed E-state index contributed by atoms with van der Waals surface area (Å²) in [6.45, 7) is 4.74. The van der Waals surface area contributed by atoms with Crippen LogP contribution in [0.15, 0.2) is 0 Å². The maximum Gasteiger partial charge on any atom is 0.281 e. The Balaban J connectivity index is 1.40. The van der Waals surface area contributed by atoms with Gasteiger partial charge in [-0.15, -0.1) is 0 Å². The van der Waals surface area contributed by atoms with E-state index in [0.717, 1.165) is 37.0 Å². The number of ether oxygens (including phenoxy) is 1. The van der Waals surface area contributed by atoms with Crippen LogP contribution in [-0.4, -0.2) is 43.1 Å². The fraction of sp³-hybridized carbons (Fsp3) is 0.737. The van der Waals surface area contributed by atoms with E-state index in [0.29, 0.717) is 30.2 Å². The Labute approximate surface area is 164 Å². The van der Waals surface area contributed by atoms with Gasteiger partial charge in [0.2, 0.25) is 5.91 Å². The second-order valence-electron chi connectivity index (χ2n) is 7.41. The summed E-state index contributed by atoms with van der Waals surface area (Å²) in [5.74, 6) is 0.347. The van der Waals surface area contributed by atoms with Crippen molar-refractivity contribution in [1.29, 1.82) is 0 Å². The highest BCUT2D eigenvalue weighted by Crippen LogP contribution is 2.28. The molecule has 2 fully saturated rings. The number of aryl methyl sites for hydroxylation is 1.